The number of aliphatic hydroxyl groups is 1. The summed E-state index contributed by atoms with van der Waals surface area (Å²) in [5.41, 5.74) is -0.813. The molecule has 1 unspecified atom stereocenters. The summed E-state index contributed by atoms with van der Waals surface area (Å²) in [4.78, 5) is 11.3. The first kappa shape index (κ1) is 14.5. The lowest BCUT2D eigenvalue weighted by Gasteiger charge is -2.20. The van der Waals surface area contributed by atoms with E-state index in [1.807, 2.05) is 0 Å². The van der Waals surface area contributed by atoms with Crippen LogP contribution >= 0.6 is 0 Å². The number of carbonyl (C=O) groups is 1. The van der Waals surface area contributed by atoms with Gasteiger partial charge in [0, 0.05) is 6.54 Å². The molecule has 0 aromatic carbocycles. The van der Waals surface area contributed by atoms with E-state index in [0.29, 0.717) is 16.7 Å². The second-order valence-corrected chi connectivity index (χ2v) is 6.39. The van der Waals surface area contributed by atoms with Crippen LogP contribution in [0.25, 0.3) is 0 Å². The van der Waals surface area contributed by atoms with Crippen molar-refractivity contribution in [1.29, 1.82) is 0 Å². The molecule has 1 fully saturated rings. The Bertz CT molecular complexity index is 294. The van der Waals surface area contributed by atoms with Crippen LogP contribution in [0, 0.1) is 16.7 Å². The van der Waals surface area contributed by atoms with E-state index in [4.69, 9.17) is 0 Å². The summed E-state index contributed by atoms with van der Waals surface area (Å²) in [6.45, 7) is 11.5. The molecule has 17 heavy (non-hydrogen) atoms. The Kier molecular flexibility index (Phi) is 3.61. The topological polar surface area (TPSA) is 58.6 Å². The molecule has 1 saturated carbocycles. The third-order valence-corrected chi connectivity index (χ3v) is 4.76. The monoisotopic (exact) mass is 243 g/mol. The van der Waals surface area contributed by atoms with Gasteiger partial charge in [0.05, 0.1) is 7.11 Å². The molecule has 1 atom stereocenters. The van der Waals surface area contributed by atoms with Gasteiger partial charge in [-0.25, -0.2) is 4.79 Å². The quantitative estimate of drug-likeness (QED) is 0.712. The van der Waals surface area contributed by atoms with Crippen LogP contribution in [0.2, 0.25) is 0 Å². The SMILES string of the molecule is COC(=O)C(C)(O)CNCC1C(C)(C)C1(C)C. The molecule has 0 radical (unpaired) electrons. The number of hydrogen-bond acceptors (Lipinski definition) is 4. The Hall–Kier alpha value is -0.610. The van der Waals surface area contributed by atoms with Crippen LogP contribution in [0.4, 0.5) is 0 Å². The van der Waals surface area contributed by atoms with Crippen molar-refractivity contribution >= 4 is 5.97 Å². The molecule has 0 heterocycles. The molecular weight excluding hydrogens is 218 g/mol. The third kappa shape index (κ3) is 2.47. The Morgan fingerprint density at radius 3 is 2.18 bits per heavy atom. The van der Waals surface area contributed by atoms with Crippen molar-refractivity contribution < 1.29 is 14.6 Å². The largest absolute Gasteiger partial charge is 0.467 e. The third-order valence-electron chi connectivity index (χ3n) is 4.76. The maximum atomic E-state index is 11.3. The van der Waals surface area contributed by atoms with Gasteiger partial charge in [0.25, 0.3) is 0 Å². The fourth-order valence-corrected chi connectivity index (χ4v) is 2.60. The summed E-state index contributed by atoms with van der Waals surface area (Å²) in [5, 5.41) is 13.0. The second-order valence-electron chi connectivity index (χ2n) is 6.39. The van der Waals surface area contributed by atoms with Gasteiger partial charge in [-0.15, -0.1) is 0 Å². The van der Waals surface area contributed by atoms with Crippen molar-refractivity contribution in [2.45, 2.75) is 40.2 Å². The van der Waals surface area contributed by atoms with Crippen molar-refractivity contribution in [3.05, 3.63) is 0 Å². The summed E-state index contributed by atoms with van der Waals surface area (Å²) in [6.07, 6.45) is 0. The number of esters is 1. The molecule has 1 aliphatic rings. The van der Waals surface area contributed by atoms with Gasteiger partial charge in [0.15, 0.2) is 5.60 Å². The first-order valence-electron chi connectivity index (χ1n) is 6.09. The highest BCUT2D eigenvalue weighted by molar-refractivity contribution is 5.78. The minimum absolute atomic E-state index is 0.225. The molecule has 2 N–H and O–H groups in total. The van der Waals surface area contributed by atoms with E-state index in [9.17, 15) is 9.90 Å². The molecular formula is C13H25NO3. The summed E-state index contributed by atoms with van der Waals surface area (Å²) in [5.74, 6) is -0.0252. The van der Waals surface area contributed by atoms with Gasteiger partial charge in [-0.3, -0.25) is 0 Å². The molecule has 1 aliphatic carbocycles. The van der Waals surface area contributed by atoms with Gasteiger partial charge in [-0.1, -0.05) is 27.7 Å². The van der Waals surface area contributed by atoms with Gasteiger partial charge in [0.2, 0.25) is 0 Å². The molecule has 4 nitrogen and oxygen atoms in total. The van der Waals surface area contributed by atoms with Gasteiger partial charge in [-0.2, -0.15) is 0 Å². The van der Waals surface area contributed by atoms with E-state index < -0.39 is 11.6 Å². The van der Waals surface area contributed by atoms with Crippen molar-refractivity contribution in [3.63, 3.8) is 0 Å². The number of methoxy groups -OCH3 is 1. The van der Waals surface area contributed by atoms with Crippen molar-refractivity contribution in [2.24, 2.45) is 16.7 Å². The van der Waals surface area contributed by atoms with Gasteiger partial charge in [0.1, 0.15) is 0 Å². The number of carbonyl (C=O) groups excluding carboxylic acids is 1. The molecule has 0 aromatic rings. The smallest absolute Gasteiger partial charge is 0.338 e. The van der Waals surface area contributed by atoms with Crippen molar-refractivity contribution in [3.8, 4) is 0 Å². The van der Waals surface area contributed by atoms with Crippen LogP contribution < -0.4 is 5.32 Å². The number of rotatable bonds is 5. The number of hydrogen-bond donors (Lipinski definition) is 2. The molecule has 100 valence electrons. The minimum atomic E-state index is -1.45. The average molecular weight is 243 g/mol. The zero-order chi connectivity index (χ0) is 13.5. The predicted molar refractivity (Wildman–Crippen MR) is 66.6 cm³/mol. The van der Waals surface area contributed by atoms with Gasteiger partial charge >= 0.3 is 5.97 Å². The fraction of sp³-hybridized carbons (Fsp3) is 0.923. The van der Waals surface area contributed by atoms with Crippen LogP contribution in [0.15, 0.2) is 0 Å². The highest BCUT2D eigenvalue weighted by Crippen LogP contribution is 2.67. The zero-order valence-electron chi connectivity index (χ0n) is 11.8. The van der Waals surface area contributed by atoms with E-state index in [1.54, 1.807) is 0 Å². The summed E-state index contributed by atoms with van der Waals surface area (Å²) in [7, 11) is 1.28. The zero-order valence-corrected chi connectivity index (χ0v) is 11.8. The lowest BCUT2D eigenvalue weighted by Crippen LogP contribution is -2.46. The van der Waals surface area contributed by atoms with Crippen LogP contribution in [0.5, 0.6) is 0 Å². The fourth-order valence-electron chi connectivity index (χ4n) is 2.60. The molecule has 0 bridgehead atoms. The Morgan fingerprint density at radius 1 is 1.35 bits per heavy atom. The molecule has 0 saturated heterocycles. The second kappa shape index (κ2) is 4.25. The van der Waals surface area contributed by atoms with Gasteiger partial charge < -0.3 is 15.2 Å². The van der Waals surface area contributed by atoms with E-state index in [2.05, 4.69) is 37.7 Å². The predicted octanol–water partition coefficient (Wildman–Crippen LogP) is 1.18. The van der Waals surface area contributed by atoms with Crippen LogP contribution in [-0.2, 0) is 9.53 Å². The Balaban J connectivity index is 2.38. The molecule has 4 heteroatoms. The van der Waals surface area contributed by atoms with E-state index in [1.165, 1.54) is 14.0 Å². The number of nitrogens with one attached hydrogen (secondary N) is 1. The molecule has 0 aliphatic heterocycles. The van der Waals surface area contributed by atoms with Crippen LogP contribution in [-0.4, -0.2) is 36.9 Å². The van der Waals surface area contributed by atoms with E-state index in [0.717, 1.165) is 6.54 Å². The summed E-state index contributed by atoms with van der Waals surface area (Å²) < 4.78 is 4.54. The van der Waals surface area contributed by atoms with Crippen molar-refractivity contribution in [2.75, 3.05) is 20.2 Å². The Labute approximate surface area is 104 Å². The summed E-state index contributed by atoms with van der Waals surface area (Å²) in [6, 6.07) is 0. The van der Waals surface area contributed by atoms with Crippen LogP contribution in [0.3, 0.4) is 0 Å². The maximum Gasteiger partial charge on any atom is 0.338 e. The first-order valence-corrected chi connectivity index (χ1v) is 6.09. The van der Waals surface area contributed by atoms with Crippen molar-refractivity contribution in [1.82, 2.24) is 5.32 Å². The standard InChI is InChI=1S/C13H25NO3/c1-11(2)9(12(11,3)4)7-14-8-13(5,16)10(15)17-6/h9,14,16H,7-8H2,1-6H3. The molecule has 0 spiro atoms. The molecule has 1 rings (SSSR count). The summed E-state index contributed by atoms with van der Waals surface area (Å²) >= 11 is 0. The average Bonchev–Trinajstić information content (AvgIpc) is 2.59. The number of ether oxygens (including phenoxy) is 1. The molecule has 0 aromatic heterocycles. The minimum Gasteiger partial charge on any atom is -0.467 e. The lowest BCUT2D eigenvalue weighted by atomic mass is 10.0. The van der Waals surface area contributed by atoms with E-state index in [-0.39, 0.29) is 6.54 Å². The Morgan fingerprint density at radius 2 is 1.82 bits per heavy atom. The van der Waals surface area contributed by atoms with Crippen LogP contribution in [0.1, 0.15) is 34.6 Å². The lowest BCUT2D eigenvalue weighted by molar-refractivity contribution is -0.159. The normalized spacial score (nSPS) is 25.1. The van der Waals surface area contributed by atoms with E-state index >= 15 is 0 Å². The highest BCUT2D eigenvalue weighted by atomic mass is 16.5. The van der Waals surface area contributed by atoms with Gasteiger partial charge in [-0.05, 0) is 30.2 Å². The highest BCUT2D eigenvalue weighted by Gasteiger charge is 2.63. The maximum absolute atomic E-state index is 11.3. The first-order chi connectivity index (χ1) is 7.57. The molecule has 0 amide bonds.